The standard InChI is InChI=1S/C10H11BrO3/c1-7-3-4-8(11)9(5-7)14-6-10(12)13-2/h3-5H,6H2,1-2H3. The molecule has 0 saturated heterocycles. The lowest BCUT2D eigenvalue weighted by molar-refractivity contribution is -0.142. The fourth-order valence-corrected chi connectivity index (χ4v) is 1.28. The predicted octanol–water partition coefficient (Wildman–Crippen LogP) is 2.31. The third-order valence-corrected chi connectivity index (χ3v) is 2.32. The summed E-state index contributed by atoms with van der Waals surface area (Å²) in [5, 5.41) is 0. The lowest BCUT2D eigenvalue weighted by atomic mass is 10.2. The molecule has 1 aromatic rings. The molecule has 0 unspecified atom stereocenters. The van der Waals surface area contributed by atoms with Gasteiger partial charge in [0.15, 0.2) is 6.61 Å². The third kappa shape index (κ3) is 3.03. The van der Waals surface area contributed by atoms with Gasteiger partial charge in [-0.05, 0) is 40.5 Å². The van der Waals surface area contributed by atoms with Gasteiger partial charge in [0.2, 0.25) is 0 Å². The Balaban J connectivity index is 2.66. The summed E-state index contributed by atoms with van der Waals surface area (Å²) in [7, 11) is 1.33. The third-order valence-electron chi connectivity index (χ3n) is 1.66. The minimum Gasteiger partial charge on any atom is -0.481 e. The van der Waals surface area contributed by atoms with Crippen molar-refractivity contribution in [2.45, 2.75) is 6.92 Å². The van der Waals surface area contributed by atoms with E-state index in [1.54, 1.807) is 0 Å². The summed E-state index contributed by atoms with van der Waals surface area (Å²) >= 11 is 3.33. The Morgan fingerprint density at radius 1 is 1.50 bits per heavy atom. The largest absolute Gasteiger partial charge is 0.481 e. The van der Waals surface area contributed by atoms with E-state index < -0.39 is 5.97 Å². The summed E-state index contributed by atoms with van der Waals surface area (Å²) in [5.41, 5.74) is 1.08. The first kappa shape index (κ1) is 11.0. The van der Waals surface area contributed by atoms with Gasteiger partial charge in [-0.3, -0.25) is 0 Å². The van der Waals surface area contributed by atoms with E-state index in [1.165, 1.54) is 7.11 Å². The van der Waals surface area contributed by atoms with Crippen LogP contribution in [0.15, 0.2) is 22.7 Å². The van der Waals surface area contributed by atoms with Crippen molar-refractivity contribution in [2.24, 2.45) is 0 Å². The average Bonchev–Trinajstić information content (AvgIpc) is 2.19. The van der Waals surface area contributed by atoms with E-state index in [0.717, 1.165) is 10.0 Å². The van der Waals surface area contributed by atoms with Crippen LogP contribution in [0.4, 0.5) is 0 Å². The number of ether oxygens (including phenoxy) is 2. The number of halogens is 1. The van der Waals surface area contributed by atoms with Crippen LogP contribution in [0.1, 0.15) is 5.56 Å². The first-order valence-electron chi connectivity index (χ1n) is 4.09. The monoisotopic (exact) mass is 258 g/mol. The molecule has 0 heterocycles. The van der Waals surface area contributed by atoms with Gasteiger partial charge in [-0.15, -0.1) is 0 Å². The number of esters is 1. The number of methoxy groups -OCH3 is 1. The van der Waals surface area contributed by atoms with Crippen LogP contribution in [0, 0.1) is 6.92 Å². The van der Waals surface area contributed by atoms with Gasteiger partial charge in [-0.25, -0.2) is 4.79 Å². The summed E-state index contributed by atoms with van der Waals surface area (Å²) in [6.45, 7) is 1.88. The maximum absolute atomic E-state index is 10.8. The first-order valence-corrected chi connectivity index (χ1v) is 4.88. The molecule has 0 aliphatic rings. The highest BCUT2D eigenvalue weighted by molar-refractivity contribution is 9.10. The number of aryl methyl sites for hydroxylation is 1. The summed E-state index contributed by atoms with van der Waals surface area (Å²) < 4.78 is 10.5. The van der Waals surface area contributed by atoms with Gasteiger partial charge >= 0.3 is 5.97 Å². The van der Waals surface area contributed by atoms with E-state index in [1.807, 2.05) is 25.1 Å². The van der Waals surface area contributed by atoms with Crippen molar-refractivity contribution in [2.75, 3.05) is 13.7 Å². The molecular weight excluding hydrogens is 248 g/mol. The Bertz CT molecular complexity index is 336. The molecule has 3 nitrogen and oxygen atoms in total. The lowest BCUT2D eigenvalue weighted by Crippen LogP contribution is -2.12. The maximum atomic E-state index is 10.8. The summed E-state index contributed by atoms with van der Waals surface area (Å²) in [5.74, 6) is 0.258. The minimum absolute atomic E-state index is 0.0709. The van der Waals surface area contributed by atoms with Crippen LogP contribution in [0.5, 0.6) is 5.75 Å². The van der Waals surface area contributed by atoms with E-state index in [-0.39, 0.29) is 6.61 Å². The van der Waals surface area contributed by atoms with Gasteiger partial charge in [0.25, 0.3) is 0 Å². The number of hydrogen-bond acceptors (Lipinski definition) is 3. The molecule has 14 heavy (non-hydrogen) atoms. The summed E-state index contributed by atoms with van der Waals surface area (Å²) in [6, 6.07) is 5.68. The molecule has 4 heteroatoms. The number of carbonyl (C=O) groups excluding carboxylic acids is 1. The van der Waals surface area contributed by atoms with Crippen molar-refractivity contribution in [3.05, 3.63) is 28.2 Å². The van der Waals surface area contributed by atoms with E-state index >= 15 is 0 Å². The second-order valence-electron chi connectivity index (χ2n) is 2.80. The summed E-state index contributed by atoms with van der Waals surface area (Å²) in [6.07, 6.45) is 0. The topological polar surface area (TPSA) is 35.5 Å². The van der Waals surface area contributed by atoms with Crippen molar-refractivity contribution < 1.29 is 14.3 Å². The van der Waals surface area contributed by atoms with Crippen molar-refractivity contribution >= 4 is 21.9 Å². The Kier molecular flexibility index (Phi) is 3.95. The highest BCUT2D eigenvalue weighted by atomic mass is 79.9. The summed E-state index contributed by atoms with van der Waals surface area (Å²) in [4.78, 5) is 10.8. The SMILES string of the molecule is COC(=O)COc1cc(C)ccc1Br. The van der Waals surface area contributed by atoms with Gasteiger partial charge in [0.05, 0.1) is 11.6 Å². The predicted molar refractivity (Wildman–Crippen MR) is 56.4 cm³/mol. The van der Waals surface area contributed by atoms with Gasteiger partial charge in [-0.1, -0.05) is 6.07 Å². The molecule has 0 spiro atoms. The molecule has 0 bridgehead atoms. The Hall–Kier alpha value is -1.03. The average molecular weight is 259 g/mol. The van der Waals surface area contributed by atoms with E-state index in [0.29, 0.717) is 5.75 Å². The molecule has 0 aromatic heterocycles. The van der Waals surface area contributed by atoms with Crippen LogP contribution in [0.2, 0.25) is 0 Å². The number of rotatable bonds is 3. The fraction of sp³-hybridized carbons (Fsp3) is 0.300. The van der Waals surface area contributed by atoms with Crippen LogP contribution in [-0.2, 0) is 9.53 Å². The highest BCUT2D eigenvalue weighted by Crippen LogP contribution is 2.25. The van der Waals surface area contributed by atoms with E-state index in [2.05, 4.69) is 20.7 Å². The molecule has 1 rings (SSSR count). The van der Waals surface area contributed by atoms with E-state index in [9.17, 15) is 4.79 Å². The zero-order valence-electron chi connectivity index (χ0n) is 8.04. The van der Waals surface area contributed by atoms with Crippen molar-refractivity contribution in [1.82, 2.24) is 0 Å². The molecule has 0 aliphatic heterocycles. The van der Waals surface area contributed by atoms with Gasteiger partial charge in [0.1, 0.15) is 5.75 Å². The first-order chi connectivity index (χ1) is 6.63. The Morgan fingerprint density at radius 3 is 2.86 bits per heavy atom. The molecule has 0 aliphatic carbocycles. The van der Waals surface area contributed by atoms with E-state index in [4.69, 9.17) is 4.74 Å². The normalized spacial score (nSPS) is 9.64. The number of benzene rings is 1. The zero-order valence-corrected chi connectivity index (χ0v) is 9.63. The van der Waals surface area contributed by atoms with Crippen molar-refractivity contribution in [3.63, 3.8) is 0 Å². The van der Waals surface area contributed by atoms with Crippen LogP contribution < -0.4 is 4.74 Å². The second-order valence-corrected chi connectivity index (χ2v) is 3.65. The zero-order chi connectivity index (χ0) is 10.6. The highest BCUT2D eigenvalue weighted by Gasteiger charge is 2.04. The quantitative estimate of drug-likeness (QED) is 0.781. The van der Waals surface area contributed by atoms with Crippen LogP contribution in [0.3, 0.4) is 0 Å². The van der Waals surface area contributed by atoms with Crippen molar-refractivity contribution in [1.29, 1.82) is 0 Å². The lowest BCUT2D eigenvalue weighted by Gasteiger charge is -2.07. The van der Waals surface area contributed by atoms with Gasteiger partial charge < -0.3 is 9.47 Å². The fourth-order valence-electron chi connectivity index (χ4n) is 0.917. The van der Waals surface area contributed by atoms with Crippen LogP contribution in [-0.4, -0.2) is 19.7 Å². The molecule has 76 valence electrons. The molecule has 0 saturated carbocycles. The molecule has 0 atom stereocenters. The van der Waals surface area contributed by atoms with Gasteiger partial charge in [0, 0.05) is 0 Å². The Morgan fingerprint density at radius 2 is 2.21 bits per heavy atom. The van der Waals surface area contributed by atoms with Gasteiger partial charge in [-0.2, -0.15) is 0 Å². The van der Waals surface area contributed by atoms with Crippen molar-refractivity contribution in [3.8, 4) is 5.75 Å². The van der Waals surface area contributed by atoms with Crippen LogP contribution in [0.25, 0.3) is 0 Å². The molecule has 0 N–H and O–H groups in total. The molecular formula is C10H11BrO3. The van der Waals surface area contributed by atoms with Crippen LogP contribution >= 0.6 is 15.9 Å². The maximum Gasteiger partial charge on any atom is 0.343 e. The molecule has 1 aromatic carbocycles. The molecule has 0 radical (unpaired) electrons. The minimum atomic E-state index is -0.390. The second kappa shape index (κ2) is 5.00. The number of carbonyl (C=O) groups is 1. The smallest absolute Gasteiger partial charge is 0.343 e. The molecule has 0 amide bonds. The number of hydrogen-bond donors (Lipinski definition) is 0. The molecule has 0 fully saturated rings. The Labute approximate surface area is 91.1 Å².